The summed E-state index contributed by atoms with van der Waals surface area (Å²) in [6.07, 6.45) is 0. The average molecular weight is 389 g/mol. The van der Waals surface area contributed by atoms with Gasteiger partial charge in [0.25, 0.3) is 0 Å². The van der Waals surface area contributed by atoms with E-state index in [0.717, 1.165) is 21.6 Å². The van der Waals surface area contributed by atoms with Gasteiger partial charge in [-0.15, -0.1) is 21.5 Å². The SMILES string of the molecule is Cc1ccc(-c2nnn(CC(=O)NC(c3ccccc3)c3cccs3)n2)cc1. The number of hydrogen-bond acceptors (Lipinski definition) is 5. The number of thiophene rings is 1. The van der Waals surface area contributed by atoms with Gasteiger partial charge in [0.1, 0.15) is 6.54 Å². The first kappa shape index (κ1) is 18.1. The van der Waals surface area contributed by atoms with E-state index < -0.39 is 0 Å². The summed E-state index contributed by atoms with van der Waals surface area (Å²) in [6.45, 7) is 2.03. The summed E-state index contributed by atoms with van der Waals surface area (Å²) in [5, 5.41) is 17.5. The largest absolute Gasteiger partial charge is 0.343 e. The lowest BCUT2D eigenvalue weighted by Crippen LogP contribution is -2.32. The number of rotatable bonds is 6. The van der Waals surface area contributed by atoms with Gasteiger partial charge in [-0.1, -0.05) is 66.2 Å². The molecule has 1 atom stereocenters. The van der Waals surface area contributed by atoms with Gasteiger partial charge in [0.15, 0.2) is 0 Å². The maximum absolute atomic E-state index is 12.6. The third kappa shape index (κ3) is 4.15. The molecule has 2 heterocycles. The summed E-state index contributed by atoms with van der Waals surface area (Å²) >= 11 is 1.61. The molecule has 28 heavy (non-hydrogen) atoms. The van der Waals surface area contributed by atoms with Gasteiger partial charge in [-0.2, -0.15) is 4.80 Å². The molecule has 0 bridgehead atoms. The molecular weight excluding hydrogens is 370 g/mol. The number of aromatic nitrogens is 4. The molecule has 1 unspecified atom stereocenters. The van der Waals surface area contributed by atoms with Gasteiger partial charge in [0.2, 0.25) is 11.7 Å². The third-order valence-corrected chi connectivity index (χ3v) is 5.25. The van der Waals surface area contributed by atoms with Gasteiger partial charge in [-0.25, -0.2) is 0 Å². The number of nitrogens with one attached hydrogen (secondary N) is 1. The van der Waals surface area contributed by atoms with Crippen molar-refractivity contribution in [3.63, 3.8) is 0 Å². The third-order valence-electron chi connectivity index (χ3n) is 4.31. The first-order valence-corrected chi connectivity index (χ1v) is 9.79. The van der Waals surface area contributed by atoms with Gasteiger partial charge in [0.05, 0.1) is 6.04 Å². The number of hydrogen-bond donors (Lipinski definition) is 1. The fraction of sp³-hybridized carbons (Fsp3) is 0.143. The van der Waals surface area contributed by atoms with Crippen LogP contribution in [-0.2, 0) is 11.3 Å². The van der Waals surface area contributed by atoms with Gasteiger partial charge >= 0.3 is 0 Å². The summed E-state index contributed by atoms with van der Waals surface area (Å²) < 4.78 is 0. The molecule has 0 aliphatic carbocycles. The average Bonchev–Trinajstić information content (AvgIpc) is 3.40. The molecule has 0 saturated carbocycles. The maximum Gasteiger partial charge on any atom is 0.244 e. The zero-order valence-electron chi connectivity index (χ0n) is 15.3. The van der Waals surface area contributed by atoms with Crippen molar-refractivity contribution in [2.24, 2.45) is 0 Å². The van der Waals surface area contributed by atoms with E-state index in [2.05, 4.69) is 20.7 Å². The van der Waals surface area contributed by atoms with Crippen molar-refractivity contribution in [1.82, 2.24) is 25.5 Å². The van der Waals surface area contributed by atoms with Gasteiger partial charge < -0.3 is 5.32 Å². The minimum atomic E-state index is -0.200. The fourth-order valence-electron chi connectivity index (χ4n) is 2.88. The molecule has 1 amide bonds. The van der Waals surface area contributed by atoms with E-state index in [1.807, 2.05) is 79.0 Å². The van der Waals surface area contributed by atoms with E-state index in [1.54, 1.807) is 11.3 Å². The minimum Gasteiger partial charge on any atom is -0.343 e. The van der Waals surface area contributed by atoms with Crippen molar-refractivity contribution in [3.05, 3.63) is 88.1 Å². The number of amides is 1. The maximum atomic E-state index is 12.6. The molecular formula is C21H19N5OS. The quantitative estimate of drug-likeness (QED) is 0.547. The number of carbonyl (C=O) groups is 1. The molecule has 0 saturated heterocycles. The zero-order chi connectivity index (χ0) is 19.3. The molecule has 6 nitrogen and oxygen atoms in total. The Morgan fingerprint density at radius 3 is 2.57 bits per heavy atom. The standard InChI is InChI=1S/C21H19N5OS/c1-15-9-11-17(12-10-15)21-23-25-26(24-21)14-19(27)22-20(18-8-5-13-28-18)16-6-3-2-4-7-16/h2-13,20H,14H2,1H3,(H,22,27). The summed E-state index contributed by atoms with van der Waals surface area (Å²) in [7, 11) is 0. The molecule has 4 aromatic rings. The van der Waals surface area contributed by atoms with E-state index >= 15 is 0 Å². The first-order valence-electron chi connectivity index (χ1n) is 8.91. The Hall–Kier alpha value is -3.32. The van der Waals surface area contributed by atoms with Crippen molar-refractivity contribution in [2.75, 3.05) is 0 Å². The van der Waals surface area contributed by atoms with Crippen LogP contribution >= 0.6 is 11.3 Å². The van der Waals surface area contributed by atoms with E-state index in [4.69, 9.17) is 0 Å². The van der Waals surface area contributed by atoms with E-state index in [1.165, 1.54) is 4.80 Å². The molecule has 4 rings (SSSR count). The van der Waals surface area contributed by atoms with E-state index in [0.29, 0.717) is 5.82 Å². The van der Waals surface area contributed by atoms with E-state index in [9.17, 15) is 4.79 Å². The van der Waals surface area contributed by atoms with Crippen LogP contribution < -0.4 is 5.32 Å². The highest BCUT2D eigenvalue weighted by molar-refractivity contribution is 7.10. The topological polar surface area (TPSA) is 72.7 Å². The minimum absolute atomic E-state index is 0.00751. The van der Waals surface area contributed by atoms with Crippen LogP contribution in [0.5, 0.6) is 0 Å². The zero-order valence-corrected chi connectivity index (χ0v) is 16.1. The summed E-state index contributed by atoms with van der Waals surface area (Å²) in [6, 6.07) is 21.6. The summed E-state index contributed by atoms with van der Waals surface area (Å²) in [5.41, 5.74) is 3.07. The second kappa shape index (κ2) is 8.14. The van der Waals surface area contributed by atoms with Crippen LogP contribution in [0.25, 0.3) is 11.4 Å². The Balaban J connectivity index is 1.48. The Kier molecular flexibility index (Phi) is 5.25. The predicted molar refractivity (Wildman–Crippen MR) is 109 cm³/mol. The van der Waals surface area contributed by atoms with Crippen molar-refractivity contribution < 1.29 is 4.79 Å². The van der Waals surface area contributed by atoms with Crippen LogP contribution in [0, 0.1) is 6.92 Å². The second-order valence-electron chi connectivity index (χ2n) is 6.44. The van der Waals surface area contributed by atoms with Crippen LogP contribution in [0.4, 0.5) is 0 Å². The highest BCUT2D eigenvalue weighted by Crippen LogP contribution is 2.25. The summed E-state index contributed by atoms with van der Waals surface area (Å²) in [5.74, 6) is 0.334. The Morgan fingerprint density at radius 1 is 1.07 bits per heavy atom. The molecule has 0 spiro atoms. The number of tetrazole rings is 1. The lowest BCUT2D eigenvalue weighted by molar-refractivity contribution is -0.122. The predicted octanol–water partition coefficient (Wildman–Crippen LogP) is 3.62. The van der Waals surface area contributed by atoms with Gasteiger partial charge in [0, 0.05) is 10.4 Å². The van der Waals surface area contributed by atoms with Crippen molar-refractivity contribution >= 4 is 17.2 Å². The Morgan fingerprint density at radius 2 is 1.86 bits per heavy atom. The normalized spacial score (nSPS) is 11.9. The highest BCUT2D eigenvalue weighted by atomic mass is 32.1. The van der Waals surface area contributed by atoms with Crippen LogP contribution in [0.2, 0.25) is 0 Å². The van der Waals surface area contributed by atoms with Crippen LogP contribution in [-0.4, -0.2) is 26.1 Å². The molecule has 0 aliphatic heterocycles. The molecule has 1 N–H and O–H groups in total. The van der Waals surface area contributed by atoms with Crippen LogP contribution in [0.15, 0.2) is 72.1 Å². The molecule has 2 aromatic heterocycles. The summed E-state index contributed by atoms with van der Waals surface area (Å²) in [4.78, 5) is 15.0. The number of benzene rings is 2. The molecule has 2 aromatic carbocycles. The van der Waals surface area contributed by atoms with Crippen molar-refractivity contribution in [2.45, 2.75) is 19.5 Å². The second-order valence-corrected chi connectivity index (χ2v) is 7.42. The molecule has 140 valence electrons. The molecule has 0 radical (unpaired) electrons. The van der Waals surface area contributed by atoms with Crippen molar-refractivity contribution in [3.8, 4) is 11.4 Å². The van der Waals surface area contributed by atoms with Crippen LogP contribution in [0.1, 0.15) is 22.0 Å². The molecule has 7 heteroatoms. The van der Waals surface area contributed by atoms with Gasteiger partial charge in [-0.05, 0) is 29.1 Å². The highest BCUT2D eigenvalue weighted by Gasteiger charge is 2.18. The number of aryl methyl sites for hydroxylation is 1. The molecule has 0 aliphatic rings. The Labute approximate surface area is 166 Å². The van der Waals surface area contributed by atoms with E-state index in [-0.39, 0.29) is 18.5 Å². The lowest BCUT2D eigenvalue weighted by Gasteiger charge is -2.17. The smallest absolute Gasteiger partial charge is 0.244 e. The molecule has 0 fully saturated rings. The van der Waals surface area contributed by atoms with Crippen LogP contribution in [0.3, 0.4) is 0 Å². The van der Waals surface area contributed by atoms with Gasteiger partial charge in [-0.3, -0.25) is 4.79 Å². The lowest BCUT2D eigenvalue weighted by atomic mass is 10.1. The Bertz CT molecular complexity index is 1040. The number of nitrogens with zero attached hydrogens (tertiary/aromatic N) is 4. The van der Waals surface area contributed by atoms with Crippen molar-refractivity contribution in [1.29, 1.82) is 0 Å². The number of carbonyl (C=O) groups excluding carboxylic acids is 1. The fourth-order valence-corrected chi connectivity index (χ4v) is 3.69. The first-order chi connectivity index (χ1) is 13.7. The monoisotopic (exact) mass is 389 g/mol.